The maximum absolute atomic E-state index is 12.8. The molecule has 2 fully saturated rings. The Hall–Kier alpha value is -1.45. The summed E-state index contributed by atoms with van der Waals surface area (Å²) in [6.07, 6.45) is 3.69. The summed E-state index contributed by atoms with van der Waals surface area (Å²) in [6.45, 7) is 9.46. The number of piperidine rings is 1. The third-order valence-corrected chi connectivity index (χ3v) is 7.13. The molecule has 1 N–H and O–H groups in total. The van der Waals surface area contributed by atoms with Crippen molar-refractivity contribution in [1.29, 1.82) is 0 Å². The molecular weight excluding hydrogens is 368 g/mol. The van der Waals surface area contributed by atoms with Crippen molar-refractivity contribution in [2.24, 2.45) is 5.92 Å². The van der Waals surface area contributed by atoms with Crippen LogP contribution in [0.15, 0.2) is 12.7 Å². The molecule has 0 radical (unpaired) electrons. The van der Waals surface area contributed by atoms with E-state index in [9.17, 15) is 18.0 Å². The number of carbonyl (C=O) groups excluding carboxylic acids is 2. The minimum absolute atomic E-state index is 0.0428. The molecule has 8 nitrogen and oxygen atoms in total. The molecule has 27 heavy (non-hydrogen) atoms. The van der Waals surface area contributed by atoms with Crippen LogP contribution in [0.3, 0.4) is 0 Å². The molecule has 0 saturated carbocycles. The van der Waals surface area contributed by atoms with Crippen LogP contribution in [0.1, 0.15) is 26.2 Å². The summed E-state index contributed by atoms with van der Waals surface area (Å²) in [5.41, 5.74) is 0. The molecular formula is C18H32N4O4S. The van der Waals surface area contributed by atoms with Crippen LogP contribution >= 0.6 is 0 Å². The summed E-state index contributed by atoms with van der Waals surface area (Å²) < 4.78 is 26.1. The number of carbonyl (C=O) groups is 2. The lowest BCUT2D eigenvalue weighted by molar-refractivity contribution is -0.138. The van der Waals surface area contributed by atoms with Gasteiger partial charge in [-0.05, 0) is 19.3 Å². The highest BCUT2D eigenvalue weighted by Crippen LogP contribution is 2.22. The topological polar surface area (TPSA) is 90.0 Å². The van der Waals surface area contributed by atoms with Gasteiger partial charge in [-0.1, -0.05) is 13.0 Å². The number of amides is 2. The van der Waals surface area contributed by atoms with Crippen molar-refractivity contribution in [2.75, 3.05) is 58.1 Å². The van der Waals surface area contributed by atoms with Crippen molar-refractivity contribution in [3.63, 3.8) is 0 Å². The van der Waals surface area contributed by atoms with E-state index in [1.165, 1.54) is 4.31 Å². The van der Waals surface area contributed by atoms with E-state index in [2.05, 4.69) is 11.9 Å². The van der Waals surface area contributed by atoms with E-state index in [0.29, 0.717) is 58.8 Å². The number of nitrogens with zero attached hydrogens (tertiary/aromatic N) is 3. The molecule has 0 spiro atoms. The SMILES string of the molecule is C=CCNC(=O)CN1CCN(C(=O)C2CCCN(S(=O)(=O)CCC)C2)CC1. The zero-order valence-corrected chi connectivity index (χ0v) is 17.0. The Balaban J connectivity index is 1.83. The van der Waals surface area contributed by atoms with Gasteiger partial charge >= 0.3 is 0 Å². The predicted octanol–water partition coefficient (Wildman–Crippen LogP) is -0.115. The normalized spacial score (nSPS) is 22.4. The van der Waals surface area contributed by atoms with Crippen molar-refractivity contribution in [2.45, 2.75) is 26.2 Å². The number of hydrogen-bond acceptors (Lipinski definition) is 5. The van der Waals surface area contributed by atoms with Gasteiger partial charge < -0.3 is 10.2 Å². The van der Waals surface area contributed by atoms with Crippen LogP contribution in [0, 0.1) is 5.92 Å². The molecule has 2 amide bonds. The van der Waals surface area contributed by atoms with E-state index in [4.69, 9.17) is 0 Å². The van der Waals surface area contributed by atoms with E-state index in [1.54, 1.807) is 6.08 Å². The van der Waals surface area contributed by atoms with Gasteiger partial charge in [0.15, 0.2) is 0 Å². The van der Waals surface area contributed by atoms with Gasteiger partial charge in [-0.3, -0.25) is 14.5 Å². The summed E-state index contributed by atoms with van der Waals surface area (Å²) in [5, 5.41) is 2.75. The number of nitrogens with one attached hydrogen (secondary N) is 1. The van der Waals surface area contributed by atoms with E-state index >= 15 is 0 Å². The summed E-state index contributed by atoms with van der Waals surface area (Å²) in [4.78, 5) is 28.5. The van der Waals surface area contributed by atoms with Crippen LogP contribution in [0.2, 0.25) is 0 Å². The molecule has 0 bridgehead atoms. The van der Waals surface area contributed by atoms with Crippen molar-refractivity contribution >= 4 is 21.8 Å². The smallest absolute Gasteiger partial charge is 0.234 e. The fraction of sp³-hybridized carbons (Fsp3) is 0.778. The third kappa shape index (κ3) is 6.29. The van der Waals surface area contributed by atoms with Crippen molar-refractivity contribution in [3.05, 3.63) is 12.7 Å². The van der Waals surface area contributed by atoms with E-state index in [-0.39, 0.29) is 23.5 Å². The number of rotatable bonds is 8. The molecule has 2 rings (SSSR count). The highest BCUT2D eigenvalue weighted by Gasteiger charge is 2.34. The fourth-order valence-corrected chi connectivity index (χ4v) is 5.20. The molecule has 0 aliphatic carbocycles. The van der Waals surface area contributed by atoms with Crippen LogP contribution in [0.4, 0.5) is 0 Å². The van der Waals surface area contributed by atoms with Gasteiger partial charge in [0.25, 0.3) is 0 Å². The summed E-state index contributed by atoms with van der Waals surface area (Å²) in [6, 6.07) is 0. The summed E-state index contributed by atoms with van der Waals surface area (Å²) >= 11 is 0. The molecule has 154 valence electrons. The minimum Gasteiger partial charge on any atom is -0.352 e. The monoisotopic (exact) mass is 400 g/mol. The van der Waals surface area contributed by atoms with Gasteiger partial charge in [0, 0.05) is 45.8 Å². The second-order valence-electron chi connectivity index (χ2n) is 7.21. The Morgan fingerprint density at radius 2 is 1.89 bits per heavy atom. The van der Waals surface area contributed by atoms with Crippen molar-refractivity contribution in [3.8, 4) is 0 Å². The lowest BCUT2D eigenvalue weighted by atomic mass is 9.98. The van der Waals surface area contributed by atoms with Gasteiger partial charge in [0.05, 0.1) is 18.2 Å². The maximum atomic E-state index is 12.8. The first-order valence-corrected chi connectivity index (χ1v) is 11.3. The highest BCUT2D eigenvalue weighted by molar-refractivity contribution is 7.89. The number of sulfonamides is 1. The maximum Gasteiger partial charge on any atom is 0.234 e. The lowest BCUT2D eigenvalue weighted by Crippen LogP contribution is -2.54. The predicted molar refractivity (Wildman–Crippen MR) is 105 cm³/mol. The molecule has 0 aromatic rings. The van der Waals surface area contributed by atoms with Gasteiger partial charge in [-0.25, -0.2) is 12.7 Å². The van der Waals surface area contributed by atoms with Crippen molar-refractivity contribution in [1.82, 2.24) is 19.4 Å². The van der Waals surface area contributed by atoms with Gasteiger partial charge in [-0.2, -0.15) is 0 Å². The Bertz CT molecular complexity index is 629. The molecule has 2 heterocycles. The average molecular weight is 401 g/mol. The third-order valence-electron chi connectivity index (χ3n) is 5.08. The fourth-order valence-electron chi connectivity index (χ4n) is 3.61. The highest BCUT2D eigenvalue weighted by atomic mass is 32.2. The lowest BCUT2D eigenvalue weighted by Gasteiger charge is -2.38. The first-order valence-electron chi connectivity index (χ1n) is 9.74. The van der Waals surface area contributed by atoms with E-state index in [1.807, 2.05) is 16.7 Å². The van der Waals surface area contributed by atoms with E-state index in [0.717, 1.165) is 12.8 Å². The molecule has 2 saturated heterocycles. The van der Waals surface area contributed by atoms with Gasteiger partial charge in [0.1, 0.15) is 0 Å². The Morgan fingerprint density at radius 1 is 1.19 bits per heavy atom. The molecule has 2 aliphatic heterocycles. The first kappa shape index (κ1) is 21.8. The van der Waals surface area contributed by atoms with E-state index < -0.39 is 10.0 Å². The molecule has 0 aromatic heterocycles. The second kappa shape index (κ2) is 10.2. The van der Waals surface area contributed by atoms with Crippen LogP contribution in [0.5, 0.6) is 0 Å². The zero-order valence-electron chi connectivity index (χ0n) is 16.2. The zero-order chi connectivity index (χ0) is 19.9. The molecule has 9 heteroatoms. The van der Waals surface area contributed by atoms with Crippen LogP contribution in [0.25, 0.3) is 0 Å². The summed E-state index contributed by atoms with van der Waals surface area (Å²) in [7, 11) is -3.26. The molecule has 0 aromatic carbocycles. The van der Waals surface area contributed by atoms with Crippen LogP contribution in [-0.4, -0.2) is 92.4 Å². The van der Waals surface area contributed by atoms with Crippen LogP contribution in [-0.2, 0) is 19.6 Å². The Morgan fingerprint density at radius 3 is 2.52 bits per heavy atom. The molecule has 1 unspecified atom stereocenters. The standard InChI is InChI=1S/C18H32N4O4S/c1-3-7-19-17(23)15-20-9-11-21(12-10-20)18(24)16-6-5-8-22(14-16)27(25,26)13-4-2/h3,16H,1,4-15H2,2H3,(H,19,23). The van der Waals surface area contributed by atoms with Crippen LogP contribution < -0.4 is 5.32 Å². The van der Waals surface area contributed by atoms with Gasteiger partial charge in [0.2, 0.25) is 21.8 Å². The second-order valence-corrected chi connectivity index (χ2v) is 9.30. The molecule has 2 aliphatic rings. The first-order chi connectivity index (χ1) is 12.9. The molecule has 1 atom stereocenters. The quantitative estimate of drug-likeness (QED) is 0.574. The Labute approximate surface area is 162 Å². The Kier molecular flexibility index (Phi) is 8.25. The average Bonchev–Trinajstić information content (AvgIpc) is 2.66. The number of piperazine rings is 1. The van der Waals surface area contributed by atoms with Crippen molar-refractivity contribution < 1.29 is 18.0 Å². The summed E-state index contributed by atoms with van der Waals surface area (Å²) in [5.74, 6) is -0.116. The number of hydrogen-bond donors (Lipinski definition) is 1. The van der Waals surface area contributed by atoms with Gasteiger partial charge in [-0.15, -0.1) is 6.58 Å². The largest absolute Gasteiger partial charge is 0.352 e. The minimum atomic E-state index is -3.26.